The Morgan fingerprint density at radius 1 is 1.22 bits per heavy atom. The summed E-state index contributed by atoms with van der Waals surface area (Å²) >= 11 is 0. The van der Waals surface area contributed by atoms with E-state index in [1.165, 1.54) is 12.8 Å². The average Bonchev–Trinajstić information content (AvgIpc) is 2.61. The topological polar surface area (TPSA) is 59.3 Å². The highest BCUT2D eigenvalue weighted by Crippen LogP contribution is 2.27. The maximum atomic E-state index is 9.63. The highest BCUT2D eigenvalue weighted by atomic mass is 16.3. The van der Waals surface area contributed by atoms with Gasteiger partial charge in [-0.25, -0.2) is 0 Å². The first kappa shape index (κ1) is 15.9. The number of anilines is 2. The zero-order valence-corrected chi connectivity index (χ0v) is 13.5. The number of hydrogen-bond donors (Lipinski definition) is 2. The van der Waals surface area contributed by atoms with E-state index >= 15 is 0 Å². The second kappa shape index (κ2) is 7.52. The van der Waals surface area contributed by atoms with Crippen molar-refractivity contribution in [3.63, 3.8) is 0 Å². The minimum atomic E-state index is -0.192. The van der Waals surface area contributed by atoms with Crippen LogP contribution in [0, 0.1) is 17.2 Å². The van der Waals surface area contributed by atoms with E-state index in [0.717, 1.165) is 55.8 Å². The Labute approximate surface area is 138 Å². The third-order valence-electron chi connectivity index (χ3n) is 4.89. The number of nitrogens with zero attached hydrogens (tertiary/aromatic N) is 2. The fourth-order valence-electron chi connectivity index (χ4n) is 3.42. The minimum absolute atomic E-state index is 0.192. The van der Waals surface area contributed by atoms with Crippen molar-refractivity contribution in [3.05, 3.63) is 35.9 Å². The van der Waals surface area contributed by atoms with Gasteiger partial charge in [0, 0.05) is 25.3 Å². The summed E-state index contributed by atoms with van der Waals surface area (Å²) in [4.78, 5) is 2.21. The van der Waals surface area contributed by atoms with Gasteiger partial charge in [-0.05, 0) is 56.2 Å². The summed E-state index contributed by atoms with van der Waals surface area (Å²) in [6.45, 7) is 2.60. The van der Waals surface area contributed by atoms with Crippen LogP contribution in [0.4, 0.5) is 11.4 Å². The SMILES string of the molecule is N#Cc1cc(NCC2CC=CCC2)ccc1N1CCC(O)CC1. The summed E-state index contributed by atoms with van der Waals surface area (Å²) in [5.41, 5.74) is 2.73. The van der Waals surface area contributed by atoms with Gasteiger partial charge >= 0.3 is 0 Å². The highest BCUT2D eigenvalue weighted by Gasteiger charge is 2.19. The zero-order valence-electron chi connectivity index (χ0n) is 13.5. The third-order valence-corrected chi connectivity index (χ3v) is 4.89. The van der Waals surface area contributed by atoms with Gasteiger partial charge in [0.2, 0.25) is 0 Å². The van der Waals surface area contributed by atoms with E-state index in [2.05, 4.69) is 34.5 Å². The lowest BCUT2D eigenvalue weighted by atomic mass is 9.94. The number of benzene rings is 1. The second-order valence-corrected chi connectivity index (χ2v) is 6.59. The van der Waals surface area contributed by atoms with Crippen molar-refractivity contribution in [3.8, 4) is 6.07 Å². The van der Waals surface area contributed by atoms with Gasteiger partial charge in [0.15, 0.2) is 0 Å². The molecule has 1 heterocycles. The maximum Gasteiger partial charge on any atom is 0.101 e. The van der Waals surface area contributed by atoms with E-state index in [1.54, 1.807) is 0 Å². The third kappa shape index (κ3) is 4.05. The van der Waals surface area contributed by atoms with E-state index < -0.39 is 0 Å². The first-order valence-electron chi connectivity index (χ1n) is 8.62. The molecular formula is C19H25N3O. The van der Waals surface area contributed by atoms with Crippen LogP contribution in [0.15, 0.2) is 30.4 Å². The Bertz CT molecular complexity index is 597. The number of nitriles is 1. The minimum Gasteiger partial charge on any atom is -0.393 e. The van der Waals surface area contributed by atoms with Gasteiger partial charge < -0.3 is 15.3 Å². The lowest BCUT2D eigenvalue weighted by Gasteiger charge is -2.32. The van der Waals surface area contributed by atoms with Crippen molar-refractivity contribution in [2.24, 2.45) is 5.92 Å². The summed E-state index contributed by atoms with van der Waals surface area (Å²) in [6, 6.07) is 8.39. The normalized spacial score (nSPS) is 21.9. The van der Waals surface area contributed by atoms with E-state index in [4.69, 9.17) is 0 Å². The summed E-state index contributed by atoms with van der Waals surface area (Å²) in [5.74, 6) is 0.689. The van der Waals surface area contributed by atoms with Crippen LogP contribution >= 0.6 is 0 Å². The summed E-state index contributed by atoms with van der Waals surface area (Å²) in [7, 11) is 0. The van der Waals surface area contributed by atoms with E-state index in [9.17, 15) is 10.4 Å². The molecule has 2 aliphatic rings. The smallest absolute Gasteiger partial charge is 0.101 e. The van der Waals surface area contributed by atoms with Gasteiger partial charge in [0.05, 0.1) is 17.4 Å². The number of rotatable bonds is 4. The number of aliphatic hydroxyl groups excluding tert-OH is 1. The molecule has 23 heavy (non-hydrogen) atoms. The van der Waals surface area contributed by atoms with E-state index in [1.807, 2.05) is 12.1 Å². The van der Waals surface area contributed by atoms with E-state index in [-0.39, 0.29) is 6.10 Å². The average molecular weight is 311 g/mol. The molecule has 1 aromatic rings. The van der Waals surface area contributed by atoms with Gasteiger partial charge in [0.1, 0.15) is 6.07 Å². The van der Waals surface area contributed by atoms with Gasteiger partial charge in [-0.3, -0.25) is 0 Å². The molecule has 1 saturated heterocycles. The van der Waals surface area contributed by atoms with Gasteiger partial charge in [-0.15, -0.1) is 0 Å². The van der Waals surface area contributed by atoms with Crippen LogP contribution in [0.1, 0.15) is 37.7 Å². The Kier molecular flexibility index (Phi) is 5.19. The molecule has 0 radical (unpaired) electrons. The van der Waals surface area contributed by atoms with E-state index in [0.29, 0.717) is 5.92 Å². The first-order valence-corrected chi connectivity index (χ1v) is 8.62. The quantitative estimate of drug-likeness (QED) is 0.838. The van der Waals surface area contributed by atoms with Crippen LogP contribution in [0.2, 0.25) is 0 Å². The zero-order chi connectivity index (χ0) is 16.1. The molecule has 0 amide bonds. The molecule has 1 aromatic carbocycles. The number of allylic oxidation sites excluding steroid dienone is 2. The Morgan fingerprint density at radius 2 is 2.04 bits per heavy atom. The molecule has 1 aliphatic carbocycles. The van der Waals surface area contributed by atoms with Crippen LogP contribution in [-0.4, -0.2) is 30.8 Å². The molecule has 4 heteroatoms. The van der Waals surface area contributed by atoms with Crippen molar-refractivity contribution in [1.82, 2.24) is 0 Å². The maximum absolute atomic E-state index is 9.63. The summed E-state index contributed by atoms with van der Waals surface area (Å²) < 4.78 is 0. The van der Waals surface area contributed by atoms with Crippen molar-refractivity contribution in [2.45, 2.75) is 38.2 Å². The molecule has 1 aliphatic heterocycles. The summed E-state index contributed by atoms with van der Waals surface area (Å²) in [5, 5.41) is 22.6. The Hall–Kier alpha value is -1.99. The molecule has 1 atom stereocenters. The largest absolute Gasteiger partial charge is 0.393 e. The van der Waals surface area contributed by atoms with Crippen molar-refractivity contribution in [2.75, 3.05) is 29.9 Å². The Balaban J connectivity index is 1.64. The molecule has 0 saturated carbocycles. The predicted octanol–water partition coefficient (Wildman–Crippen LogP) is 3.29. The lowest BCUT2D eigenvalue weighted by molar-refractivity contribution is 0.145. The number of aliphatic hydroxyl groups is 1. The van der Waals surface area contributed by atoms with Crippen LogP contribution in [-0.2, 0) is 0 Å². The van der Waals surface area contributed by atoms with Crippen LogP contribution in [0.3, 0.4) is 0 Å². The monoisotopic (exact) mass is 311 g/mol. The highest BCUT2D eigenvalue weighted by molar-refractivity contribution is 5.65. The van der Waals surface area contributed by atoms with Crippen LogP contribution in [0.25, 0.3) is 0 Å². The molecule has 0 aromatic heterocycles. The van der Waals surface area contributed by atoms with Crippen LogP contribution < -0.4 is 10.2 Å². The molecule has 2 N–H and O–H groups in total. The van der Waals surface area contributed by atoms with Gasteiger partial charge in [-0.1, -0.05) is 12.2 Å². The fraction of sp³-hybridized carbons (Fsp3) is 0.526. The van der Waals surface area contributed by atoms with Gasteiger partial charge in [0.25, 0.3) is 0 Å². The summed E-state index contributed by atoms with van der Waals surface area (Å²) in [6.07, 6.45) is 9.45. The van der Waals surface area contributed by atoms with Gasteiger partial charge in [-0.2, -0.15) is 5.26 Å². The number of hydrogen-bond acceptors (Lipinski definition) is 4. The molecule has 3 rings (SSSR count). The molecular weight excluding hydrogens is 286 g/mol. The lowest BCUT2D eigenvalue weighted by Crippen LogP contribution is -2.36. The Morgan fingerprint density at radius 3 is 2.74 bits per heavy atom. The number of nitrogens with one attached hydrogen (secondary N) is 1. The number of piperidine rings is 1. The van der Waals surface area contributed by atoms with Crippen molar-refractivity contribution in [1.29, 1.82) is 5.26 Å². The first-order chi connectivity index (χ1) is 11.3. The molecule has 1 fully saturated rings. The van der Waals surface area contributed by atoms with Crippen LogP contribution in [0.5, 0.6) is 0 Å². The molecule has 0 spiro atoms. The van der Waals surface area contributed by atoms with Crippen molar-refractivity contribution < 1.29 is 5.11 Å². The molecule has 1 unspecified atom stereocenters. The predicted molar refractivity (Wildman–Crippen MR) is 93.6 cm³/mol. The molecule has 122 valence electrons. The standard InChI is InChI=1S/C19H25N3O/c20-13-16-12-17(21-14-15-4-2-1-3-5-15)6-7-19(16)22-10-8-18(23)9-11-22/h1-2,6-7,12,15,18,21,23H,3-5,8-11,14H2. The molecule has 0 bridgehead atoms. The fourth-order valence-corrected chi connectivity index (χ4v) is 3.42. The molecule has 4 nitrogen and oxygen atoms in total. The second-order valence-electron chi connectivity index (χ2n) is 6.59. The van der Waals surface area contributed by atoms with Crippen molar-refractivity contribution >= 4 is 11.4 Å².